The molecule has 0 N–H and O–H groups in total. The van der Waals surface area contributed by atoms with Crippen LogP contribution >= 0.6 is 0 Å². The Kier molecular flexibility index (Phi) is 12.2. The average molecular weight is 669 g/mol. The maximum absolute atomic E-state index is 13.0. The van der Waals surface area contributed by atoms with Crippen LogP contribution in [0.25, 0.3) is 0 Å². The molecule has 5 rings (SSSR count). The molecule has 8 atom stereocenters. The summed E-state index contributed by atoms with van der Waals surface area (Å²) in [5, 5.41) is 0. The number of allylic oxidation sites excluding steroid dienone is 10. The van der Waals surface area contributed by atoms with Crippen LogP contribution in [0, 0.1) is 51.8 Å². The number of ether oxygens (including phenoxy) is 1. The quantitative estimate of drug-likeness (QED) is 0.0948. The minimum atomic E-state index is -0.194. The zero-order valence-corrected chi connectivity index (χ0v) is 33.3. The molecule has 0 aromatic heterocycles. The van der Waals surface area contributed by atoms with E-state index < -0.39 is 0 Å². The normalized spacial score (nSPS) is 35.7. The maximum atomic E-state index is 13.0. The van der Waals surface area contributed by atoms with Crippen molar-refractivity contribution in [1.29, 1.82) is 0 Å². The smallest absolute Gasteiger partial charge is 0.331 e. The molecule has 0 spiro atoms. The first-order chi connectivity index (χ1) is 23.1. The van der Waals surface area contributed by atoms with Crippen molar-refractivity contribution in [2.24, 2.45) is 51.8 Å². The van der Waals surface area contributed by atoms with Gasteiger partial charge in [-0.15, -0.1) is 0 Å². The second-order valence-electron chi connectivity index (χ2n) is 19.0. The molecule has 3 fully saturated rings. The summed E-state index contributed by atoms with van der Waals surface area (Å²) < 4.78 is 6.11. The summed E-state index contributed by atoms with van der Waals surface area (Å²) in [4.78, 5) is 13.0. The number of carbonyl (C=O) groups is 1. The van der Waals surface area contributed by atoms with E-state index in [0.717, 1.165) is 60.3 Å². The fourth-order valence-electron chi connectivity index (χ4n) is 11.8. The highest BCUT2D eigenvalue weighted by Gasteiger charge is 2.59. The van der Waals surface area contributed by atoms with Gasteiger partial charge in [-0.2, -0.15) is 0 Å². The van der Waals surface area contributed by atoms with Gasteiger partial charge >= 0.3 is 5.97 Å². The Morgan fingerprint density at radius 3 is 2.45 bits per heavy atom. The van der Waals surface area contributed by atoms with Crippen LogP contribution in [-0.4, -0.2) is 12.1 Å². The van der Waals surface area contributed by atoms with Gasteiger partial charge in [0.05, 0.1) is 0 Å². The van der Waals surface area contributed by atoms with Crippen molar-refractivity contribution in [3.8, 4) is 0 Å². The Balaban J connectivity index is 1.14. The second-order valence-corrected chi connectivity index (χ2v) is 19.0. The highest BCUT2D eigenvalue weighted by Crippen LogP contribution is 2.67. The first-order valence-corrected chi connectivity index (χ1v) is 20.5. The molecule has 0 aliphatic heterocycles. The van der Waals surface area contributed by atoms with Crippen molar-refractivity contribution in [2.75, 3.05) is 0 Å². The number of esters is 1. The van der Waals surface area contributed by atoms with E-state index in [1.165, 1.54) is 87.3 Å². The average Bonchev–Trinajstić information content (AvgIpc) is 3.37. The predicted octanol–water partition coefficient (Wildman–Crippen LogP) is 13.5. The summed E-state index contributed by atoms with van der Waals surface area (Å²) >= 11 is 0. The van der Waals surface area contributed by atoms with Crippen LogP contribution in [-0.2, 0) is 9.53 Å². The molecule has 0 radical (unpaired) electrons. The molecule has 0 bridgehead atoms. The van der Waals surface area contributed by atoms with Crippen molar-refractivity contribution < 1.29 is 9.53 Å². The van der Waals surface area contributed by atoms with Crippen LogP contribution < -0.4 is 0 Å². The molecule has 2 heteroatoms. The summed E-state index contributed by atoms with van der Waals surface area (Å²) in [5.74, 6) is 4.92. The third-order valence-electron chi connectivity index (χ3n) is 14.7. The van der Waals surface area contributed by atoms with Crippen molar-refractivity contribution >= 4 is 5.97 Å². The molecule has 0 heterocycles. The summed E-state index contributed by atoms with van der Waals surface area (Å²) in [6.07, 6.45) is 33.0. The minimum Gasteiger partial charge on any atom is -0.459 e. The molecule has 5 aliphatic carbocycles. The van der Waals surface area contributed by atoms with Crippen molar-refractivity contribution in [1.82, 2.24) is 0 Å². The minimum absolute atomic E-state index is 0.00175. The number of hydrogen-bond donors (Lipinski definition) is 0. The molecule has 3 saturated carbocycles. The molecule has 0 amide bonds. The monoisotopic (exact) mass is 669 g/mol. The van der Waals surface area contributed by atoms with E-state index in [0.29, 0.717) is 5.41 Å². The molecule has 0 aromatic rings. The molecule has 0 saturated heterocycles. The van der Waals surface area contributed by atoms with E-state index in [1.54, 1.807) is 11.6 Å². The third-order valence-corrected chi connectivity index (χ3v) is 14.7. The fourth-order valence-corrected chi connectivity index (χ4v) is 11.8. The zero-order chi connectivity index (χ0) is 35.6. The van der Waals surface area contributed by atoms with Crippen LogP contribution in [0.3, 0.4) is 0 Å². The van der Waals surface area contributed by atoms with Crippen LogP contribution in [0.15, 0.2) is 70.4 Å². The SMILES string of the molecule is CC1=C(/C=C/C(C)=C/C=C/C(C)=C/C(=O)O[C@H]2CC[C@@]3(C)C(=CCC4C3CC[C@@]3(C)C4CC[C@@H]3[C@H](C)CCCC(C)C)C2)C(C)(C)CCC1. The highest BCUT2D eigenvalue weighted by molar-refractivity contribution is 5.83. The standard InChI is InChI=1S/C47H72O2/c1-32(2)14-11-17-36(6)41-23-24-42-39-21-20-37-31-38(25-28-46(37,9)43(39)26-29-47(41,42)10)49-44(48)30-34(4)16-12-15-33(3)19-22-40-35(5)18-13-27-45(40,7)8/h12,15-16,19-20,22,30,32,36,38-39,41-43H,11,13-14,17-18,21,23-29,31H2,1-10H3/b16-12+,22-19+,33-15+,34-30+/t36-,38+,39?,41-,42?,43?,46+,47-/m1/s1. The Bertz CT molecular complexity index is 1380. The van der Waals surface area contributed by atoms with E-state index in [4.69, 9.17) is 4.74 Å². The summed E-state index contributed by atoms with van der Waals surface area (Å²) in [7, 11) is 0. The molecular formula is C47H72O2. The lowest BCUT2D eigenvalue weighted by Gasteiger charge is -2.58. The van der Waals surface area contributed by atoms with Crippen LogP contribution in [0.5, 0.6) is 0 Å². The lowest BCUT2D eigenvalue weighted by Crippen LogP contribution is -2.51. The topological polar surface area (TPSA) is 26.3 Å². The van der Waals surface area contributed by atoms with Crippen molar-refractivity contribution in [3.63, 3.8) is 0 Å². The Morgan fingerprint density at radius 1 is 0.939 bits per heavy atom. The van der Waals surface area contributed by atoms with Gasteiger partial charge in [0.15, 0.2) is 0 Å². The fraction of sp³-hybridized carbons (Fsp3) is 0.723. The van der Waals surface area contributed by atoms with Gasteiger partial charge in [-0.1, -0.05) is 121 Å². The summed E-state index contributed by atoms with van der Waals surface area (Å²) in [6, 6.07) is 0. The number of rotatable bonds is 11. The van der Waals surface area contributed by atoms with Gasteiger partial charge in [0.2, 0.25) is 0 Å². The predicted molar refractivity (Wildman–Crippen MR) is 209 cm³/mol. The molecule has 3 unspecified atom stereocenters. The lowest BCUT2D eigenvalue weighted by molar-refractivity contribution is -0.145. The van der Waals surface area contributed by atoms with E-state index in [9.17, 15) is 4.79 Å². The lowest BCUT2D eigenvalue weighted by atomic mass is 9.47. The molecular weight excluding hydrogens is 597 g/mol. The third kappa shape index (κ3) is 8.52. The van der Waals surface area contributed by atoms with Gasteiger partial charge in [0.1, 0.15) is 6.10 Å². The number of hydrogen-bond acceptors (Lipinski definition) is 2. The Labute approximate surface area is 302 Å². The number of carbonyl (C=O) groups excluding carboxylic acids is 1. The van der Waals surface area contributed by atoms with Gasteiger partial charge < -0.3 is 4.74 Å². The maximum Gasteiger partial charge on any atom is 0.331 e. The number of fused-ring (bicyclic) bond motifs is 5. The summed E-state index contributed by atoms with van der Waals surface area (Å²) in [5.41, 5.74) is 7.81. The van der Waals surface area contributed by atoms with E-state index >= 15 is 0 Å². The van der Waals surface area contributed by atoms with Crippen molar-refractivity contribution in [3.05, 3.63) is 70.4 Å². The zero-order valence-electron chi connectivity index (χ0n) is 33.3. The van der Waals surface area contributed by atoms with Gasteiger partial charge in [0, 0.05) is 12.5 Å². The molecule has 2 nitrogen and oxygen atoms in total. The van der Waals surface area contributed by atoms with Gasteiger partial charge in [0.25, 0.3) is 0 Å². The van der Waals surface area contributed by atoms with Crippen molar-refractivity contribution in [2.45, 2.75) is 165 Å². The molecule has 5 aliphatic rings. The van der Waals surface area contributed by atoms with Crippen LogP contribution in [0.4, 0.5) is 0 Å². The summed E-state index contributed by atoms with van der Waals surface area (Å²) in [6.45, 7) is 23.7. The van der Waals surface area contributed by atoms with Gasteiger partial charge in [-0.25, -0.2) is 4.79 Å². The Morgan fingerprint density at radius 2 is 1.71 bits per heavy atom. The van der Waals surface area contributed by atoms with E-state index in [1.807, 2.05) is 13.0 Å². The highest BCUT2D eigenvalue weighted by atomic mass is 16.5. The van der Waals surface area contributed by atoms with E-state index in [2.05, 4.69) is 92.7 Å². The molecule has 0 aromatic carbocycles. The molecule has 272 valence electrons. The molecule has 49 heavy (non-hydrogen) atoms. The van der Waals surface area contributed by atoms with Crippen LogP contribution in [0.2, 0.25) is 0 Å². The van der Waals surface area contributed by atoms with Gasteiger partial charge in [-0.05, 0) is 148 Å². The second kappa shape index (κ2) is 15.7. The largest absolute Gasteiger partial charge is 0.459 e. The first kappa shape index (κ1) is 38.1. The Hall–Kier alpha value is -2.09. The van der Waals surface area contributed by atoms with E-state index in [-0.39, 0.29) is 22.9 Å². The van der Waals surface area contributed by atoms with Crippen LogP contribution in [0.1, 0.15) is 159 Å². The van der Waals surface area contributed by atoms with Gasteiger partial charge in [-0.3, -0.25) is 0 Å². The first-order valence-electron chi connectivity index (χ1n) is 20.5.